The Morgan fingerprint density at radius 2 is 2.00 bits per heavy atom. The van der Waals surface area contributed by atoms with Crippen LogP contribution in [0.2, 0.25) is 0 Å². The van der Waals surface area contributed by atoms with Crippen molar-refractivity contribution in [1.29, 1.82) is 0 Å². The molecule has 0 aliphatic carbocycles. The van der Waals surface area contributed by atoms with Gasteiger partial charge in [-0.05, 0) is 17.0 Å². The van der Waals surface area contributed by atoms with Gasteiger partial charge in [0.25, 0.3) is 0 Å². The highest BCUT2D eigenvalue weighted by Gasteiger charge is 2.04. The lowest BCUT2D eigenvalue weighted by Gasteiger charge is -2.08. The highest BCUT2D eigenvalue weighted by atomic mass is 15.2. The predicted octanol–water partition coefficient (Wildman–Crippen LogP) is 3.52. The quantitative estimate of drug-likeness (QED) is 0.682. The number of aromatic nitrogens is 3. The van der Waals surface area contributed by atoms with Crippen LogP contribution in [0.5, 0.6) is 0 Å². The molecular formula is C15H15N3. The first-order chi connectivity index (χ1) is 8.74. The molecule has 0 saturated carbocycles. The average Bonchev–Trinajstić information content (AvgIpc) is 2.86. The molecule has 0 N–H and O–H groups in total. The van der Waals surface area contributed by atoms with Gasteiger partial charge in [0.05, 0.1) is 6.20 Å². The maximum absolute atomic E-state index is 4.39. The Morgan fingerprint density at radius 1 is 1.11 bits per heavy atom. The molecule has 0 amide bonds. The molecule has 18 heavy (non-hydrogen) atoms. The van der Waals surface area contributed by atoms with Gasteiger partial charge in [0.1, 0.15) is 0 Å². The van der Waals surface area contributed by atoms with Gasteiger partial charge < -0.3 is 0 Å². The van der Waals surface area contributed by atoms with Crippen LogP contribution in [0.25, 0.3) is 16.8 Å². The van der Waals surface area contributed by atoms with Crippen molar-refractivity contribution in [1.82, 2.24) is 14.6 Å². The van der Waals surface area contributed by atoms with E-state index >= 15 is 0 Å². The van der Waals surface area contributed by atoms with Crippen molar-refractivity contribution in [2.24, 2.45) is 0 Å². The van der Waals surface area contributed by atoms with Gasteiger partial charge in [-0.25, -0.2) is 9.50 Å². The molecule has 3 heteroatoms. The predicted molar refractivity (Wildman–Crippen MR) is 72.5 cm³/mol. The first-order valence-corrected chi connectivity index (χ1v) is 6.14. The Bertz CT molecular complexity index is 683. The summed E-state index contributed by atoms with van der Waals surface area (Å²) < 4.78 is 1.80. The van der Waals surface area contributed by atoms with Crippen molar-refractivity contribution in [3.63, 3.8) is 0 Å². The minimum atomic E-state index is 0.534. The number of nitrogens with zero attached hydrogens (tertiary/aromatic N) is 3. The molecule has 0 aliphatic rings. The maximum atomic E-state index is 4.39. The minimum absolute atomic E-state index is 0.534. The van der Waals surface area contributed by atoms with Gasteiger partial charge in [-0.3, -0.25) is 0 Å². The summed E-state index contributed by atoms with van der Waals surface area (Å²) in [5.41, 5.74) is 4.49. The summed E-state index contributed by atoms with van der Waals surface area (Å²) in [6, 6.07) is 10.5. The van der Waals surface area contributed by atoms with Crippen LogP contribution in [-0.2, 0) is 0 Å². The van der Waals surface area contributed by atoms with Crippen molar-refractivity contribution in [3.05, 3.63) is 54.5 Å². The molecule has 1 aromatic carbocycles. The highest BCUT2D eigenvalue weighted by Crippen LogP contribution is 2.23. The van der Waals surface area contributed by atoms with Crippen LogP contribution in [0.15, 0.2) is 48.9 Å². The summed E-state index contributed by atoms with van der Waals surface area (Å²) in [7, 11) is 0. The number of fused-ring (bicyclic) bond motifs is 1. The van der Waals surface area contributed by atoms with Gasteiger partial charge in [-0.2, -0.15) is 5.10 Å². The van der Waals surface area contributed by atoms with Gasteiger partial charge in [0.15, 0.2) is 5.65 Å². The first kappa shape index (κ1) is 11.0. The number of hydrogen-bond donors (Lipinski definition) is 0. The molecule has 2 aromatic heterocycles. The summed E-state index contributed by atoms with van der Waals surface area (Å²) in [6.07, 6.45) is 5.68. The molecule has 3 nitrogen and oxygen atoms in total. The Balaban J connectivity index is 2.10. The Morgan fingerprint density at radius 3 is 2.83 bits per heavy atom. The van der Waals surface area contributed by atoms with Crippen molar-refractivity contribution < 1.29 is 0 Å². The molecule has 0 atom stereocenters. The number of benzene rings is 1. The van der Waals surface area contributed by atoms with Crippen molar-refractivity contribution in [3.8, 4) is 11.1 Å². The van der Waals surface area contributed by atoms with Crippen molar-refractivity contribution >= 4 is 5.65 Å². The number of rotatable bonds is 2. The summed E-state index contributed by atoms with van der Waals surface area (Å²) in [4.78, 5) is 4.39. The third kappa shape index (κ3) is 1.88. The third-order valence-electron chi connectivity index (χ3n) is 3.13. The fourth-order valence-corrected chi connectivity index (χ4v) is 2.04. The molecule has 0 radical (unpaired) electrons. The second-order valence-electron chi connectivity index (χ2n) is 4.76. The van der Waals surface area contributed by atoms with Crippen LogP contribution in [0.1, 0.15) is 25.3 Å². The fraction of sp³-hybridized carbons (Fsp3) is 0.200. The molecule has 3 rings (SSSR count). The van der Waals surface area contributed by atoms with E-state index in [1.165, 1.54) is 11.1 Å². The smallest absolute Gasteiger partial charge is 0.154 e. The largest absolute Gasteiger partial charge is 0.236 e. The second kappa shape index (κ2) is 4.26. The van der Waals surface area contributed by atoms with Crippen LogP contribution >= 0.6 is 0 Å². The normalized spacial score (nSPS) is 11.3. The van der Waals surface area contributed by atoms with Crippen molar-refractivity contribution in [2.45, 2.75) is 19.8 Å². The van der Waals surface area contributed by atoms with Crippen LogP contribution in [-0.4, -0.2) is 14.6 Å². The Kier molecular flexibility index (Phi) is 2.59. The average molecular weight is 237 g/mol. The summed E-state index contributed by atoms with van der Waals surface area (Å²) in [5.74, 6) is 0.534. The van der Waals surface area contributed by atoms with E-state index in [9.17, 15) is 0 Å². The van der Waals surface area contributed by atoms with E-state index in [0.29, 0.717) is 5.92 Å². The highest BCUT2D eigenvalue weighted by molar-refractivity contribution is 5.63. The van der Waals surface area contributed by atoms with Crippen LogP contribution < -0.4 is 0 Å². The lowest BCUT2D eigenvalue weighted by molar-refractivity contribution is 0.867. The monoisotopic (exact) mass is 237 g/mol. The molecule has 0 spiro atoms. The van der Waals surface area contributed by atoms with Gasteiger partial charge in [-0.15, -0.1) is 0 Å². The van der Waals surface area contributed by atoms with E-state index in [1.54, 1.807) is 10.7 Å². The zero-order valence-corrected chi connectivity index (χ0v) is 10.5. The van der Waals surface area contributed by atoms with Gasteiger partial charge in [0.2, 0.25) is 0 Å². The zero-order chi connectivity index (χ0) is 12.5. The van der Waals surface area contributed by atoms with E-state index in [-0.39, 0.29) is 0 Å². The zero-order valence-electron chi connectivity index (χ0n) is 10.5. The SMILES string of the molecule is CC(C)c1cccc(-c2cnc3ccnn3c2)c1. The van der Waals surface area contributed by atoms with E-state index in [0.717, 1.165) is 11.2 Å². The van der Waals surface area contributed by atoms with Crippen LogP contribution in [0.3, 0.4) is 0 Å². The van der Waals surface area contributed by atoms with E-state index < -0.39 is 0 Å². The molecule has 0 aliphatic heterocycles. The van der Waals surface area contributed by atoms with E-state index in [1.807, 2.05) is 18.5 Å². The van der Waals surface area contributed by atoms with E-state index in [2.05, 4.69) is 48.2 Å². The lowest BCUT2D eigenvalue weighted by atomic mass is 9.99. The Hall–Kier alpha value is -2.16. The maximum Gasteiger partial charge on any atom is 0.154 e. The number of hydrogen-bond acceptors (Lipinski definition) is 2. The summed E-state index contributed by atoms with van der Waals surface area (Å²) in [6.45, 7) is 4.40. The summed E-state index contributed by atoms with van der Waals surface area (Å²) in [5, 5.41) is 4.22. The molecule has 0 bridgehead atoms. The van der Waals surface area contributed by atoms with E-state index in [4.69, 9.17) is 0 Å². The lowest BCUT2D eigenvalue weighted by Crippen LogP contribution is -1.92. The molecule has 3 aromatic rings. The third-order valence-corrected chi connectivity index (χ3v) is 3.13. The first-order valence-electron chi connectivity index (χ1n) is 6.14. The molecular weight excluding hydrogens is 222 g/mol. The minimum Gasteiger partial charge on any atom is -0.236 e. The molecule has 0 unspecified atom stereocenters. The molecule has 90 valence electrons. The summed E-state index contributed by atoms with van der Waals surface area (Å²) >= 11 is 0. The molecule has 0 saturated heterocycles. The second-order valence-corrected chi connectivity index (χ2v) is 4.76. The van der Waals surface area contributed by atoms with Gasteiger partial charge in [-0.1, -0.05) is 38.1 Å². The van der Waals surface area contributed by atoms with Gasteiger partial charge in [0, 0.05) is 24.0 Å². The van der Waals surface area contributed by atoms with Crippen molar-refractivity contribution in [2.75, 3.05) is 0 Å². The van der Waals surface area contributed by atoms with Gasteiger partial charge >= 0.3 is 0 Å². The van der Waals surface area contributed by atoms with Crippen LogP contribution in [0.4, 0.5) is 0 Å². The molecule has 0 fully saturated rings. The topological polar surface area (TPSA) is 30.2 Å². The van der Waals surface area contributed by atoms with Crippen LogP contribution in [0, 0.1) is 0 Å². The standard InChI is InChI=1S/C15H15N3/c1-11(2)12-4-3-5-13(8-12)14-9-16-15-6-7-17-18(15)10-14/h3-11H,1-2H3. The fourth-order valence-electron chi connectivity index (χ4n) is 2.04. The Labute approximate surface area is 106 Å². The molecule has 2 heterocycles.